The number of aromatic amines is 2. The van der Waals surface area contributed by atoms with Crippen molar-refractivity contribution in [2.75, 3.05) is 13.1 Å². The highest BCUT2D eigenvalue weighted by atomic mass is 32.1. The maximum atomic E-state index is 13.7. The number of H-pyrrole nitrogens is 2. The standard InChI is InChI=1S/C27H20F3N7S/c28-24-2-1-23(38-24)26-17-9-21(34-19(17)3-5-32-26)25-18-8-20(33-12-22(18)35-36-25)16-7-15(10-31-11-16)13-37-6-4-27(29,30)14-37/h1-3,5,7-12,34H,4,6,13-14H2,(H,35,36). The maximum Gasteiger partial charge on any atom is 0.261 e. The van der Waals surface area contributed by atoms with Crippen LogP contribution >= 0.6 is 11.3 Å². The summed E-state index contributed by atoms with van der Waals surface area (Å²) in [6.45, 7) is 0.543. The molecule has 0 saturated carbocycles. The Hall–Kier alpha value is -4.09. The summed E-state index contributed by atoms with van der Waals surface area (Å²) in [5.41, 5.74) is 6.20. The molecule has 7 rings (SSSR count). The summed E-state index contributed by atoms with van der Waals surface area (Å²) in [7, 11) is 0. The van der Waals surface area contributed by atoms with E-state index in [0.29, 0.717) is 30.2 Å². The van der Waals surface area contributed by atoms with Crippen molar-refractivity contribution in [2.45, 2.75) is 18.9 Å². The molecule has 0 atom stereocenters. The second-order valence-corrected chi connectivity index (χ2v) is 10.5. The third-order valence-corrected chi connectivity index (χ3v) is 7.68. The summed E-state index contributed by atoms with van der Waals surface area (Å²) < 4.78 is 40.9. The van der Waals surface area contributed by atoms with Crippen LogP contribution in [0.1, 0.15) is 12.0 Å². The predicted molar refractivity (Wildman–Crippen MR) is 140 cm³/mol. The van der Waals surface area contributed by atoms with Crippen molar-refractivity contribution >= 4 is 33.1 Å². The molecule has 0 spiro atoms. The molecule has 38 heavy (non-hydrogen) atoms. The molecule has 0 radical (unpaired) electrons. The first-order valence-electron chi connectivity index (χ1n) is 12.0. The molecular weight excluding hydrogens is 511 g/mol. The first kappa shape index (κ1) is 23.1. The van der Waals surface area contributed by atoms with Crippen molar-refractivity contribution < 1.29 is 13.2 Å². The van der Waals surface area contributed by atoms with Gasteiger partial charge in [0.05, 0.1) is 40.2 Å². The Morgan fingerprint density at radius 1 is 0.974 bits per heavy atom. The number of rotatable bonds is 5. The van der Waals surface area contributed by atoms with Gasteiger partial charge in [0.1, 0.15) is 5.69 Å². The molecule has 0 unspecified atom stereocenters. The average molecular weight is 532 g/mol. The van der Waals surface area contributed by atoms with E-state index in [4.69, 9.17) is 0 Å². The molecule has 1 aliphatic rings. The number of likely N-dealkylation sites (tertiary alicyclic amines) is 1. The lowest BCUT2D eigenvalue weighted by molar-refractivity contribution is 0.0115. The second-order valence-electron chi connectivity index (χ2n) is 9.49. The number of fused-ring (bicyclic) bond motifs is 2. The smallest absolute Gasteiger partial charge is 0.261 e. The zero-order valence-corrected chi connectivity index (χ0v) is 20.7. The minimum absolute atomic E-state index is 0.114. The van der Waals surface area contributed by atoms with Crippen molar-refractivity contribution in [3.8, 4) is 33.2 Å². The molecule has 11 heteroatoms. The van der Waals surface area contributed by atoms with Gasteiger partial charge in [-0.05, 0) is 42.0 Å². The molecule has 2 N–H and O–H groups in total. The van der Waals surface area contributed by atoms with Crippen LogP contribution in [-0.2, 0) is 6.54 Å². The van der Waals surface area contributed by atoms with Gasteiger partial charge >= 0.3 is 0 Å². The van der Waals surface area contributed by atoms with Gasteiger partial charge in [-0.25, -0.2) is 8.78 Å². The van der Waals surface area contributed by atoms with Gasteiger partial charge in [-0.3, -0.25) is 25.0 Å². The molecule has 0 amide bonds. The fourth-order valence-corrected chi connectivity index (χ4v) is 5.76. The van der Waals surface area contributed by atoms with E-state index in [1.807, 2.05) is 24.3 Å². The summed E-state index contributed by atoms with van der Waals surface area (Å²) in [6, 6.07) is 10.9. The van der Waals surface area contributed by atoms with Crippen molar-refractivity contribution in [3.63, 3.8) is 0 Å². The Kier molecular flexibility index (Phi) is 5.31. The quantitative estimate of drug-likeness (QED) is 0.274. The van der Waals surface area contributed by atoms with Gasteiger partial charge in [-0.15, -0.1) is 11.3 Å². The third-order valence-electron chi connectivity index (χ3n) is 6.80. The first-order valence-corrected chi connectivity index (χ1v) is 12.9. The van der Waals surface area contributed by atoms with E-state index >= 15 is 0 Å². The van der Waals surface area contributed by atoms with E-state index in [-0.39, 0.29) is 18.1 Å². The number of hydrogen-bond donors (Lipinski definition) is 2. The van der Waals surface area contributed by atoms with E-state index in [0.717, 1.165) is 54.8 Å². The molecule has 0 bridgehead atoms. The molecule has 1 aliphatic heterocycles. The molecule has 6 aromatic rings. The van der Waals surface area contributed by atoms with Crippen molar-refractivity contribution in [1.29, 1.82) is 0 Å². The van der Waals surface area contributed by atoms with E-state index in [1.54, 1.807) is 35.8 Å². The van der Waals surface area contributed by atoms with Crippen LogP contribution in [0.5, 0.6) is 0 Å². The molecular formula is C27H20F3N7S. The Bertz CT molecular complexity index is 1810. The van der Waals surface area contributed by atoms with Gasteiger partial charge in [0.15, 0.2) is 5.13 Å². The number of nitrogens with one attached hydrogen (secondary N) is 2. The lowest BCUT2D eigenvalue weighted by atomic mass is 10.1. The van der Waals surface area contributed by atoms with Crippen LogP contribution in [0, 0.1) is 5.13 Å². The van der Waals surface area contributed by atoms with Gasteiger partial charge in [0.2, 0.25) is 0 Å². The predicted octanol–water partition coefficient (Wildman–Crippen LogP) is 6.27. The molecule has 1 saturated heterocycles. The molecule has 0 aliphatic carbocycles. The molecule has 7 nitrogen and oxygen atoms in total. The lowest BCUT2D eigenvalue weighted by Gasteiger charge is -2.15. The van der Waals surface area contributed by atoms with E-state index in [2.05, 4.69) is 30.1 Å². The van der Waals surface area contributed by atoms with Gasteiger partial charge in [0.25, 0.3) is 5.92 Å². The van der Waals surface area contributed by atoms with Gasteiger partial charge < -0.3 is 4.98 Å². The Morgan fingerprint density at radius 3 is 2.68 bits per heavy atom. The Morgan fingerprint density at radius 2 is 1.87 bits per heavy atom. The second kappa shape index (κ2) is 8.74. The summed E-state index contributed by atoms with van der Waals surface area (Å²) in [5, 5.41) is 9.05. The monoisotopic (exact) mass is 531 g/mol. The number of thiophene rings is 1. The fourth-order valence-electron chi connectivity index (χ4n) is 5.01. The Labute approximate surface area is 218 Å². The van der Waals surface area contributed by atoms with E-state index in [1.165, 1.54) is 6.07 Å². The van der Waals surface area contributed by atoms with E-state index in [9.17, 15) is 13.2 Å². The van der Waals surface area contributed by atoms with Crippen molar-refractivity contribution in [1.82, 2.24) is 35.0 Å². The van der Waals surface area contributed by atoms with Crippen LogP contribution < -0.4 is 0 Å². The largest absolute Gasteiger partial charge is 0.353 e. The summed E-state index contributed by atoms with van der Waals surface area (Å²) in [5.74, 6) is -2.63. The van der Waals surface area contributed by atoms with Crippen molar-refractivity contribution in [2.24, 2.45) is 0 Å². The van der Waals surface area contributed by atoms with Gasteiger partial charge in [-0.1, -0.05) is 0 Å². The fraction of sp³-hybridized carbons (Fsp3) is 0.185. The summed E-state index contributed by atoms with van der Waals surface area (Å²) in [4.78, 5) is 19.3. The molecule has 190 valence electrons. The minimum atomic E-state index is -2.63. The van der Waals surface area contributed by atoms with Crippen LogP contribution in [0.2, 0.25) is 0 Å². The normalized spacial score (nSPS) is 15.7. The van der Waals surface area contributed by atoms with Crippen LogP contribution in [0.3, 0.4) is 0 Å². The number of hydrogen-bond acceptors (Lipinski definition) is 6. The maximum absolute atomic E-state index is 13.7. The Balaban J connectivity index is 1.24. The molecule has 6 aromatic heterocycles. The van der Waals surface area contributed by atoms with Crippen LogP contribution in [0.4, 0.5) is 13.2 Å². The van der Waals surface area contributed by atoms with Crippen molar-refractivity contribution in [3.05, 3.63) is 71.9 Å². The van der Waals surface area contributed by atoms with E-state index < -0.39 is 5.92 Å². The van der Waals surface area contributed by atoms with Gasteiger partial charge in [-0.2, -0.15) is 9.49 Å². The number of aromatic nitrogens is 6. The zero-order chi connectivity index (χ0) is 25.9. The number of halogens is 3. The van der Waals surface area contributed by atoms with Gasteiger partial charge in [0, 0.05) is 60.0 Å². The number of nitrogens with zero attached hydrogens (tertiary/aromatic N) is 5. The highest BCUT2D eigenvalue weighted by Gasteiger charge is 2.37. The van der Waals surface area contributed by atoms with Crippen LogP contribution in [0.15, 0.2) is 61.2 Å². The zero-order valence-electron chi connectivity index (χ0n) is 19.9. The number of pyridine rings is 3. The SMILES string of the molecule is Fc1ccc(-c2nccc3[nH]c(-c4n[nH]c5cnc(-c6cncc(CN7CCC(F)(F)C7)c6)cc45)cc23)s1. The topological polar surface area (TPSA) is 86.4 Å². The first-order chi connectivity index (χ1) is 18.4. The third kappa shape index (κ3) is 4.13. The number of alkyl halides is 2. The molecule has 7 heterocycles. The highest BCUT2D eigenvalue weighted by Crippen LogP contribution is 2.36. The van der Waals surface area contributed by atoms with Crippen LogP contribution in [0.25, 0.3) is 55.0 Å². The summed E-state index contributed by atoms with van der Waals surface area (Å²) >= 11 is 1.06. The highest BCUT2D eigenvalue weighted by molar-refractivity contribution is 7.13. The average Bonchev–Trinajstić information content (AvgIpc) is 3.69. The molecule has 1 fully saturated rings. The minimum Gasteiger partial charge on any atom is -0.353 e. The summed E-state index contributed by atoms with van der Waals surface area (Å²) in [6.07, 6.45) is 6.73. The van der Waals surface area contributed by atoms with Crippen LogP contribution in [-0.4, -0.2) is 54.0 Å². The molecule has 0 aromatic carbocycles. The lowest BCUT2D eigenvalue weighted by Crippen LogP contribution is -2.24.